The van der Waals surface area contributed by atoms with Gasteiger partial charge in [0.2, 0.25) is 0 Å². The van der Waals surface area contributed by atoms with Gasteiger partial charge in [0.1, 0.15) is 6.04 Å². The second-order valence-corrected chi connectivity index (χ2v) is 1.88. The van der Waals surface area contributed by atoms with E-state index in [1.807, 2.05) is 0 Å². The molecule has 8 heteroatoms. The molecule has 0 aliphatic rings. The first-order valence-corrected chi connectivity index (χ1v) is 2.74. The molecule has 8 N–H and O–H groups in total. The predicted molar refractivity (Wildman–Crippen MR) is 39.7 cm³/mol. The molecule has 0 fully saturated rings. The van der Waals surface area contributed by atoms with Crippen molar-refractivity contribution in [3.8, 4) is 0 Å². The van der Waals surface area contributed by atoms with Crippen LogP contribution in [0.4, 0.5) is 0 Å². The number of rotatable bonds is 4. The van der Waals surface area contributed by atoms with Gasteiger partial charge in [-0.1, -0.05) is 0 Å². The Labute approximate surface area is 87.3 Å². The summed E-state index contributed by atoms with van der Waals surface area (Å²) in [5.41, 5.74) is 5.00. The molecular formula is C5H13NO6Zn. The fourth-order valence-electron chi connectivity index (χ4n) is 0.402. The van der Waals surface area contributed by atoms with Gasteiger partial charge < -0.3 is 26.9 Å². The van der Waals surface area contributed by atoms with Crippen molar-refractivity contribution in [1.82, 2.24) is 0 Å². The van der Waals surface area contributed by atoms with Crippen molar-refractivity contribution in [2.75, 3.05) is 0 Å². The Morgan fingerprint density at radius 1 is 1.23 bits per heavy atom. The number of aliphatic carboxylic acids is 2. The maximum Gasteiger partial charge on any atom is 0.320 e. The van der Waals surface area contributed by atoms with E-state index in [2.05, 4.69) is 0 Å². The zero-order valence-corrected chi connectivity index (χ0v) is 9.95. The number of carboxylic acids is 2. The Kier molecular flexibility index (Phi) is 20.1. The van der Waals surface area contributed by atoms with E-state index in [-0.39, 0.29) is 43.3 Å². The van der Waals surface area contributed by atoms with E-state index in [0.29, 0.717) is 0 Å². The molecule has 0 aromatic heterocycles. The largest absolute Gasteiger partial charge is 0.481 e. The van der Waals surface area contributed by atoms with E-state index in [1.54, 1.807) is 0 Å². The second kappa shape index (κ2) is 11.4. The summed E-state index contributed by atoms with van der Waals surface area (Å²) in [6.45, 7) is 0. The smallest absolute Gasteiger partial charge is 0.320 e. The van der Waals surface area contributed by atoms with Crippen LogP contribution in [-0.4, -0.2) is 39.1 Å². The molecule has 0 aromatic rings. The molecule has 0 radical (unpaired) electrons. The van der Waals surface area contributed by atoms with Crippen LogP contribution in [0.15, 0.2) is 0 Å². The van der Waals surface area contributed by atoms with Gasteiger partial charge in [0, 0.05) is 25.9 Å². The molecule has 7 nitrogen and oxygen atoms in total. The number of nitrogens with two attached hydrogens (primary N) is 1. The standard InChI is InChI=1S/C5H9NO4.2H2O.Zn/c6-3(5(9)10)1-2-4(7)8;;;/h3H,1-2,6H2,(H,7,8)(H,9,10);2*1H2;/t3-;;;/m0.../s1. The maximum absolute atomic E-state index is 9.99. The van der Waals surface area contributed by atoms with Gasteiger partial charge in [0.15, 0.2) is 0 Å². The van der Waals surface area contributed by atoms with Crippen LogP contribution in [-0.2, 0) is 29.1 Å². The average molecular weight is 249 g/mol. The van der Waals surface area contributed by atoms with Gasteiger partial charge >= 0.3 is 11.9 Å². The summed E-state index contributed by atoms with van der Waals surface area (Å²) in [6.07, 6.45) is -0.224. The van der Waals surface area contributed by atoms with Crippen LogP contribution in [0.1, 0.15) is 12.8 Å². The molecule has 0 saturated carbocycles. The van der Waals surface area contributed by atoms with E-state index >= 15 is 0 Å². The second-order valence-electron chi connectivity index (χ2n) is 1.88. The van der Waals surface area contributed by atoms with Crippen LogP contribution in [0.3, 0.4) is 0 Å². The number of hydrogen-bond donors (Lipinski definition) is 3. The summed E-state index contributed by atoms with van der Waals surface area (Å²) < 4.78 is 0. The Hall–Kier alpha value is -0.557. The molecule has 0 bridgehead atoms. The molecular weight excluding hydrogens is 235 g/mol. The topological polar surface area (TPSA) is 164 Å². The first kappa shape index (κ1) is 22.9. The molecule has 0 unspecified atom stereocenters. The Balaban J connectivity index is -0.000000135. The van der Waals surface area contributed by atoms with Crippen molar-refractivity contribution in [2.24, 2.45) is 5.73 Å². The summed E-state index contributed by atoms with van der Waals surface area (Å²) >= 11 is 0. The Morgan fingerprint density at radius 3 is 1.85 bits per heavy atom. The fourth-order valence-corrected chi connectivity index (χ4v) is 0.402. The molecule has 0 saturated heterocycles. The Bertz CT molecular complexity index is 152. The van der Waals surface area contributed by atoms with Crippen molar-refractivity contribution >= 4 is 11.9 Å². The minimum Gasteiger partial charge on any atom is -0.481 e. The van der Waals surface area contributed by atoms with Crippen molar-refractivity contribution < 1.29 is 50.2 Å². The van der Waals surface area contributed by atoms with E-state index in [4.69, 9.17) is 15.9 Å². The third kappa shape index (κ3) is 14.3. The molecule has 0 amide bonds. The monoisotopic (exact) mass is 247 g/mol. The minimum atomic E-state index is -1.17. The maximum atomic E-state index is 9.99. The van der Waals surface area contributed by atoms with Crippen molar-refractivity contribution in [1.29, 1.82) is 0 Å². The molecule has 0 aliphatic carbocycles. The van der Waals surface area contributed by atoms with E-state index in [9.17, 15) is 9.59 Å². The molecule has 0 aromatic carbocycles. The first-order valence-electron chi connectivity index (χ1n) is 2.74. The van der Waals surface area contributed by atoms with Crippen LogP contribution >= 0.6 is 0 Å². The molecule has 0 rings (SSSR count). The summed E-state index contributed by atoms with van der Waals surface area (Å²) in [4.78, 5) is 19.9. The zero-order chi connectivity index (χ0) is 8.15. The van der Waals surface area contributed by atoms with Crippen LogP contribution in [0, 0.1) is 0 Å². The zero-order valence-electron chi connectivity index (χ0n) is 6.99. The van der Waals surface area contributed by atoms with Crippen LogP contribution in [0.2, 0.25) is 0 Å². The molecule has 1 atom stereocenters. The van der Waals surface area contributed by atoms with Crippen molar-refractivity contribution in [2.45, 2.75) is 18.9 Å². The summed E-state index contributed by atoms with van der Waals surface area (Å²) in [5.74, 6) is -2.20. The third-order valence-electron chi connectivity index (χ3n) is 0.986. The fraction of sp³-hybridized carbons (Fsp3) is 0.600. The minimum absolute atomic E-state index is 0. The summed E-state index contributed by atoms with van der Waals surface area (Å²) in [7, 11) is 0. The third-order valence-corrected chi connectivity index (χ3v) is 0.986. The van der Waals surface area contributed by atoms with Crippen LogP contribution in [0.5, 0.6) is 0 Å². The number of hydrogen-bond acceptors (Lipinski definition) is 3. The molecule has 0 aliphatic heterocycles. The van der Waals surface area contributed by atoms with Gasteiger partial charge in [-0.2, -0.15) is 0 Å². The number of carboxylic acid groups (broad SMARTS) is 2. The van der Waals surface area contributed by atoms with E-state index in [1.165, 1.54) is 0 Å². The summed E-state index contributed by atoms with van der Waals surface area (Å²) in [5, 5.41) is 16.3. The molecule has 0 spiro atoms. The van der Waals surface area contributed by atoms with Gasteiger partial charge in [-0.05, 0) is 6.42 Å². The number of carbonyl (C=O) groups is 2. The van der Waals surface area contributed by atoms with Crippen molar-refractivity contribution in [3.05, 3.63) is 0 Å². The Morgan fingerprint density at radius 2 is 1.62 bits per heavy atom. The van der Waals surface area contributed by atoms with E-state index < -0.39 is 18.0 Å². The van der Waals surface area contributed by atoms with Crippen LogP contribution < -0.4 is 5.73 Å². The van der Waals surface area contributed by atoms with Gasteiger partial charge in [-0.3, -0.25) is 9.59 Å². The molecule has 0 heterocycles. The predicted octanol–water partition coefficient (Wildman–Crippen LogP) is -2.39. The van der Waals surface area contributed by atoms with Gasteiger partial charge in [0.25, 0.3) is 0 Å². The van der Waals surface area contributed by atoms with Crippen LogP contribution in [0.25, 0.3) is 0 Å². The molecule has 76 valence electrons. The quantitative estimate of drug-likeness (QED) is 0.472. The van der Waals surface area contributed by atoms with Gasteiger partial charge in [-0.15, -0.1) is 0 Å². The average Bonchev–Trinajstić information content (AvgIpc) is 1.82. The van der Waals surface area contributed by atoms with Crippen molar-refractivity contribution in [3.63, 3.8) is 0 Å². The van der Waals surface area contributed by atoms with Gasteiger partial charge in [0.05, 0.1) is 0 Å². The SMILES string of the molecule is N[C@@H](CCC(=O)O)C(=O)O.O.O.[Zn]. The first-order chi connectivity index (χ1) is 4.54. The normalized spacial score (nSPS) is 9.62. The molecule has 13 heavy (non-hydrogen) atoms. The van der Waals surface area contributed by atoms with Gasteiger partial charge in [-0.25, -0.2) is 0 Å². The van der Waals surface area contributed by atoms with E-state index in [0.717, 1.165) is 0 Å². The summed E-state index contributed by atoms with van der Waals surface area (Å²) in [6, 6.07) is -1.06.